The molecule has 1 aromatic heterocycles. The maximum atomic E-state index is 5.69. The number of H-pyrrole nitrogens is 1. The lowest BCUT2D eigenvalue weighted by Crippen LogP contribution is -2.03. The monoisotopic (exact) mass is 346 g/mol. The summed E-state index contributed by atoms with van der Waals surface area (Å²) in [7, 11) is 0. The first-order valence-electron chi connectivity index (χ1n) is 6.50. The Bertz CT molecular complexity index is 736. The summed E-state index contributed by atoms with van der Waals surface area (Å²) in [4.78, 5) is 5.85. The molecule has 0 fully saturated rings. The molecule has 0 atom stereocenters. The maximum absolute atomic E-state index is 5.69. The number of rotatable bonds is 4. The van der Waals surface area contributed by atoms with Crippen molar-refractivity contribution in [2.45, 2.75) is 16.2 Å². The van der Waals surface area contributed by atoms with Crippen LogP contribution >= 0.6 is 27.7 Å². The lowest BCUT2D eigenvalue weighted by atomic mass is 10.1. The van der Waals surface area contributed by atoms with Crippen molar-refractivity contribution >= 4 is 38.6 Å². The molecule has 1 heterocycles. The van der Waals surface area contributed by atoms with Crippen LogP contribution < -0.4 is 5.73 Å². The van der Waals surface area contributed by atoms with Crippen LogP contribution in [0.15, 0.2) is 62.9 Å². The van der Waals surface area contributed by atoms with Gasteiger partial charge in [0.1, 0.15) is 0 Å². The van der Waals surface area contributed by atoms with Crippen molar-refractivity contribution in [3.8, 4) is 0 Å². The van der Waals surface area contributed by atoms with Crippen LogP contribution in [0.4, 0.5) is 0 Å². The maximum Gasteiger partial charge on any atom is 0.0477 e. The minimum atomic E-state index is 0.679. The van der Waals surface area contributed by atoms with Gasteiger partial charge in [0.05, 0.1) is 0 Å². The summed E-state index contributed by atoms with van der Waals surface area (Å²) in [5.41, 5.74) is 8.15. The molecule has 4 heteroatoms. The average Bonchev–Trinajstić information content (AvgIpc) is 2.83. The molecular weight excluding hydrogens is 332 g/mol. The van der Waals surface area contributed by atoms with Gasteiger partial charge in [-0.2, -0.15) is 0 Å². The molecular formula is C16H15BrN2S. The van der Waals surface area contributed by atoms with Crippen molar-refractivity contribution < 1.29 is 0 Å². The standard InChI is InChI=1S/C16H15BrN2S/c17-12-5-6-13-14(9-12)19-10-16(13)20-15-4-2-1-3-11(15)7-8-18/h1-6,9-10,19H,7-8,18H2. The van der Waals surface area contributed by atoms with Gasteiger partial charge in [-0.05, 0) is 36.7 Å². The van der Waals surface area contributed by atoms with Crippen molar-refractivity contribution in [2.75, 3.05) is 6.54 Å². The van der Waals surface area contributed by atoms with E-state index in [1.165, 1.54) is 20.7 Å². The Morgan fingerprint density at radius 3 is 2.80 bits per heavy atom. The number of benzene rings is 2. The summed E-state index contributed by atoms with van der Waals surface area (Å²) in [6.07, 6.45) is 2.98. The molecule has 20 heavy (non-hydrogen) atoms. The van der Waals surface area contributed by atoms with Gasteiger partial charge < -0.3 is 10.7 Å². The number of hydrogen-bond acceptors (Lipinski definition) is 2. The Labute approximate surface area is 130 Å². The molecule has 0 aliphatic heterocycles. The number of nitrogens with one attached hydrogen (secondary N) is 1. The van der Waals surface area contributed by atoms with Crippen LogP contribution in [0.5, 0.6) is 0 Å². The molecule has 2 nitrogen and oxygen atoms in total. The fourth-order valence-electron chi connectivity index (χ4n) is 2.24. The van der Waals surface area contributed by atoms with Gasteiger partial charge in [0.2, 0.25) is 0 Å². The summed E-state index contributed by atoms with van der Waals surface area (Å²) in [6.45, 7) is 0.679. The van der Waals surface area contributed by atoms with Gasteiger partial charge in [0.25, 0.3) is 0 Å². The molecule has 3 N–H and O–H groups in total. The van der Waals surface area contributed by atoms with Crippen molar-refractivity contribution in [1.29, 1.82) is 0 Å². The second kappa shape index (κ2) is 6.04. The first-order chi connectivity index (χ1) is 9.78. The molecule has 0 radical (unpaired) electrons. The molecule has 0 unspecified atom stereocenters. The summed E-state index contributed by atoms with van der Waals surface area (Å²) in [5, 5.41) is 1.25. The van der Waals surface area contributed by atoms with Crippen LogP contribution in [-0.2, 0) is 6.42 Å². The molecule has 0 amide bonds. The van der Waals surface area contributed by atoms with E-state index in [-0.39, 0.29) is 0 Å². The third-order valence-electron chi connectivity index (χ3n) is 3.21. The molecule has 0 saturated heterocycles. The topological polar surface area (TPSA) is 41.8 Å². The smallest absolute Gasteiger partial charge is 0.0477 e. The number of halogens is 1. The van der Waals surface area contributed by atoms with Gasteiger partial charge in [-0.25, -0.2) is 0 Å². The van der Waals surface area contributed by atoms with E-state index in [1.54, 1.807) is 11.8 Å². The number of hydrogen-bond donors (Lipinski definition) is 2. The van der Waals surface area contributed by atoms with E-state index in [2.05, 4.69) is 69.6 Å². The van der Waals surface area contributed by atoms with Crippen LogP contribution in [0.1, 0.15) is 5.56 Å². The highest BCUT2D eigenvalue weighted by Crippen LogP contribution is 2.36. The Kier molecular flexibility index (Phi) is 4.15. The molecule has 3 aromatic rings. The number of nitrogens with two attached hydrogens (primary N) is 1. The van der Waals surface area contributed by atoms with Crippen LogP contribution in [0, 0.1) is 0 Å². The molecule has 0 aliphatic rings. The van der Waals surface area contributed by atoms with Crippen molar-refractivity contribution in [3.63, 3.8) is 0 Å². The van der Waals surface area contributed by atoms with E-state index in [9.17, 15) is 0 Å². The zero-order chi connectivity index (χ0) is 13.9. The van der Waals surface area contributed by atoms with Gasteiger partial charge in [-0.3, -0.25) is 0 Å². The van der Waals surface area contributed by atoms with E-state index in [4.69, 9.17) is 5.73 Å². The van der Waals surface area contributed by atoms with Gasteiger partial charge in [0.15, 0.2) is 0 Å². The van der Waals surface area contributed by atoms with Gasteiger partial charge in [-0.1, -0.05) is 52.0 Å². The van der Waals surface area contributed by atoms with Crippen LogP contribution in [0.3, 0.4) is 0 Å². The summed E-state index contributed by atoms with van der Waals surface area (Å²) in [5.74, 6) is 0. The minimum Gasteiger partial charge on any atom is -0.360 e. The molecule has 0 bridgehead atoms. The molecule has 102 valence electrons. The second-order valence-corrected chi connectivity index (χ2v) is 6.59. The Hall–Kier alpha value is -1.23. The van der Waals surface area contributed by atoms with E-state index in [0.29, 0.717) is 6.54 Å². The van der Waals surface area contributed by atoms with E-state index < -0.39 is 0 Å². The molecule has 0 spiro atoms. The molecule has 2 aromatic carbocycles. The minimum absolute atomic E-state index is 0.679. The largest absolute Gasteiger partial charge is 0.360 e. The Balaban J connectivity index is 1.97. The van der Waals surface area contributed by atoms with Crippen LogP contribution in [0.25, 0.3) is 10.9 Å². The van der Waals surface area contributed by atoms with Gasteiger partial charge in [0, 0.05) is 31.4 Å². The molecule has 0 aliphatic carbocycles. The zero-order valence-corrected chi connectivity index (χ0v) is 13.3. The van der Waals surface area contributed by atoms with E-state index >= 15 is 0 Å². The van der Waals surface area contributed by atoms with E-state index in [1.807, 2.05) is 0 Å². The van der Waals surface area contributed by atoms with Crippen LogP contribution in [-0.4, -0.2) is 11.5 Å². The third-order valence-corrected chi connectivity index (χ3v) is 4.88. The van der Waals surface area contributed by atoms with Crippen molar-refractivity contribution in [3.05, 3.63) is 58.7 Å². The normalized spacial score (nSPS) is 11.1. The first-order valence-corrected chi connectivity index (χ1v) is 8.11. The summed E-state index contributed by atoms with van der Waals surface area (Å²) >= 11 is 5.29. The lowest BCUT2D eigenvalue weighted by molar-refractivity contribution is 0.944. The summed E-state index contributed by atoms with van der Waals surface area (Å²) < 4.78 is 1.09. The number of aromatic amines is 1. The fraction of sp³-hybridized carbons (Fsp3) is 0.125. The molecule has 3 rings (SSSR count). The SMILES string of the molecule is NCCc1ccccc1Sc1c[nH]c2cc(Br)ccc12. The zero-order valence-electron chi connectivity index (χ0n) is 10.9. The van der Waals surface area contributed by atoms with Gasteiger partial charge in [-0.15, -0.1) is 0 Å². The van der Waals surface area contributed by atoms with Crippen molar-refractivity contribution in [1.82, 2.24) is 4.98 Å². The average molecular weight is 347 g/mol. The van der Waals surface area contributed by atoms with E-state index in [0.717, 1.165) is 16.4 Å². The lowest BCUT2D eigenvalue weighted by Gasteiger charge is -2.07. The predicted octanol–water partition coefficient (Wildman–Crippen LogP) is 4.58. The quantitative estimate of drug-likeness (QED) is 0.725. The second-order valence-electron chi connectivity index (χ2n) is 4.59. The first kappa shape index (κ1) is 13.7. The van der Waals surface area contributed by atoms with Gasteiger partial charge >= 0.3 is 0 Å². The highest BCUT2D eigenvalue weighted by atomic mass is 79.9. The molecule has 0 saturated carbocycles. The van der Waals surface area contributed by atoms with Crippen molar-refractivity contribution in [2.24, 2.45) is 5.73 Å². The highest BCUT2D eigenvalue weighted by molar-refractivity contribution is 9.10. The fourth-order valence-corrected chi connectivity index (χ4v) is 3.69. The number of fused-ring (bicyclic) bond motifs is 1. The Morgan fingerprint density at radius 2 is 1.95 bits per heavy atom. The highest BCUT2D eigenvalue weighted by Gasteiger charge is 2.08. The predicted molar refractivity (Wildman–Crippen MR) is 89.3 cm³/mol. The van der Waals surface area contributed by atoms with Crippen LogP contribution in [0.2, 0.25) is 0 Å². The summed E-state index contributed by atoms with van der Waals surface area (Å²) in [6, 6.07) is 14.8. The Morgan fingerprint density at radius 1 is 1.10 bits per heavy atom. The third kappa shape index (κ3) is 2.77. The number of aromatic nitrogens is 1.